The SMILES string of the molecule is COc1ccc(C[NH+]2CCN(C(=S)Nc3ccccc3)C[C@@H]2CCO)cc1OC. The van der Waals surface area contributed by atoms with Crippen molar-refractivity contribution in [2.75, 3.05) is 45.8 Å². The number of methoxy groups -OCH3 is 2. The molecule has 1 saturated heterocycles. The number of nitrogens with zero attached hydrogens (tertiary/aromatic N) is 1. The van der Waals surface area contributed by atoms with Gasteiger partial charge in [-0.05, 0) is 42.5 Å². The van der Waals surface area contributed by atoms with Crippen molar-refractivity contribution < 1.29 is 19.5 Å². The first kappa shape index (κ1) is 21.4. The highest BCUT2D eigenvalue weighted by Gasteiger charge is 2.31. The molecule has 1 aliphatic heterocycles. The number of benzene rings is 2. The molecular weight excluding hydrogens is 386 g/mol. The van der Waals surface area contributed by atoms with Crippen LogP contribution in [0, 0.1) is 0 Å². The fraction of sp³-hybridized carbons (Fsp3) is 0.409. The Bertz CT molecular complexity index is 803. The molecule has 6 nitrogen and oxygen atoms in total. The number of nitrogens with one attached hydrogen (secondary N) is 2. The molecule has 3 rings (SSSR count). The number of aliphatic hydroxyl groups is 1. The average molecular weight is 417 g/mol. The Morgan fingerprint density at radius 1 is 1.17 bits per heavy atom. The van der Waals surface area contributed by atoms with Gasteiger partial charge in [0.05, 0.1) is 33.9 Å². The zero-order valence-corrected chi connectivity index (χ0v) is 17.9. The number of aliphatic hydroxyl groups excluding tert-OH is 1. The lowest BCUT2D eigenvalue weighted by Crippen LogP contribution is -3.17. The van der Waals surface area contributed by atoms with Crippen LogP contribution in [0.25, 0.3) is 0 Å². The second kappa shape index (κ2) is 10.4. The van der Waals surface area contributed by atoms with Gasteiger partial charge in [-0.15, -0.1) is 0 Å². The van der Waals surface area contributed by atoms with Crippen molar-refractivity contribution >= 4 is 23.0 Å². The Morgan fingerprint density at radius 3 is 2.62 bits per heavy atom. The van der Waals surface area contributed by atoms with Crippen LogP contribution in [0.2, 0.25) is 0 Å². The monoisotopic (exact) mass is 416 g/mol. The number of para-hydroxylation sites is 1. The molecular formula is C22H30N3O3S+. The van der Waals surface area contributed by atoms with E-state index in [9.17, 15) is 5.11 Å². The van der Waals surface area contributed by atoms with E-state index in [0.29, 0.717) is 6.04 Å². The Balaban J connectivity index is 1.65. The molecule has 0 radical (unpaired) electrons. The molecule has 1 heterocycles. The van der Waals surface area contributed by atoms with Gasteiger partial charge < -0.3 is 29.7 Å². The van der Waals surface area contributed by atoms with Crippen molar-refractivity contribution in [3.63, 3.8) is 0 Å². The number of thiocarbonyl (C=S) groups is 1. The molecule has 0 aromatic heterocycles. The summed E-state index contributed by atoms with van der Waals surface area (Å²) in [5, 5.41) is 13.7. The highest BCUT2D eigenvalue weighted by Crippen LogP contribution is 2.27. The van der Waals surface area contributed by atoms with Crippen LogP contribution in [-0.4, -0.2) is 61.6 Å². The maximum absolute atomic E-state index is 9.60. The number of anilines is 1. The van der Waals surface area contributed by atoms with Crippen molar-refractivity contribution in [1.29, 1.82) is 0 Å². The number of piperazine rings is 1. The van der Waals surface area contributed by atoms with E-state index in [1.165, 1.54) is 10.5 Å². The molecule has 1 aliphatic rings. The summed E-state index contributed by atoms with van der Waals surface area (Å²) in [6, 6.07) is 16.4. The topological polar surface area (TPSA) is 58.4 Å². The van der Waals surface area contributed by atoms with Crippen LogP contribution >= 0.6 is 12.2 Å². The molecule has 2 aromatic carbocycles. The molecule has 0 saturated carbocycles. The lowest BCUT2D eigenvalue weighted by atomic mass is 10.1. The highest BCUT2D eigenvalue weighted by molar-refractivity contribution is 7.80. The van der Waals surface area contributed by atoms with Crippen molar-refractivity contribution in [3.8, 4) is 11.5 Å². The second-order valence-electron chi connectivity index (χ2n) is 7.23. The van der Waals surface area contributed by atoms with Gasteiger partial charge in [-0.1, -0.05) is 18.2 Å². The third-order valence-electron chi connectivity index (χ3n) is 5.39. The largest absolute Gasteiger partial charge is 0.493 e. The van der Waals surface area contributed by atoms with E-state index < -0.39 is 0 Å². The molecule has 1 fully saturated rings. The van der Waals surface area contributed by atoms with Gasteiger partial charge in [-0.25, -0.2) is 0 Å². The number of rotatable bonds is 7. The fourth-order valence-electron chi connectivity index (χ4n) is 3.81. The summed E-state index contributed by atoms with van der Waals surface area (Å²) in [6.45, 7) is 3.70. The fourth-order valence-corrected chi connectivity index (χ4v) is 4.10. The molecule has 0 spiro atoms. The van der Waals surface area contributed by atoms with Crippen LogP contribution < -0.4 is 19.7 Å². The third kappa shape index (κ3) is 5.59. The van der Waals surface area contributed by atoms with E-state index in [1.807, 2.05) is 42.5 Å². The standard InChI is InChI=1S/C22H29N3O3S/c1-27-20-9-8-17(14-21(20)28-2)15-24-11-12-25(16-19(24)10-13-26)22(29)23-18-6-4-3-5-7-18/h3-9,14,19,26H,10-13,15-16H2,1-2H3,(H,23,29)/p+1/t19-/m0/s1. The van der Waals surface area contributed by atoms with E-state index in [0.717, 1.165) is 54.9 Å². The van der Waals surface area contributed by atoms with E-state index in [4.69, 9.17) is 21.7 Å². The molecule has 0 amide bonds. The van der Waals surface area contributed by atoms with Crippen LogP contribution in [0.3, 0.4) is 0 Å². The van der Waals surface area contributed by atoms with E-state index in [2.05, 4.69) is 16.3 Å². The number of hydrogen-bond donors (Lipinski definition) is 3. The minimum atomic E-state index is 0.173. The zero-order valence-electron chi connectivity index (χ0n) is 17.1. The predicted octanol–water partition coefficient (Wildman–Crippen LogP) is 1.55. The molecule has 156 valence electrons. The first-order valence-corrected chi connectivity index (χ1v) is 10.3. The van der Waals surface area contributed by atoms with Crippen molar-refractivity contribution in [2.45, 2.75) is 19.0 Å². The summed E-state index contributed by atoms with van der Waals surface area (Å²) in [5.41, 5.74) is 2.19. The summed E-state index contributed by atoms with van der Waals surface area (Å²) in [4.78, 5) is 3.66. The van der Waals surface area contributed by atoms with Crippen LogP contribution in [0.15, 0.2) is 48.5 Å². The lowest BCUT2D eigenvalue weighted by Gasteiger charge is -2.39. The highest BCUT2D eigenvalue weighted by atomic mass is 32.1. The Labute approximate surface area is 178 Å². The van der Waals surface area contributed by atoms with Crippen molar-refractivity contribution in [2.24, 2.45) is 0 Å². The van der Waals surface area contributed by atoms with Gasteiger partial charge in [0.25, 0.3) is 0 Å². The van der Waals surface area contributed by atoms with Crippen LogP contribution in [-0.2, 0) is 6.54 Å². The van der Waals surface area contributed by atoms with Crippen molar-refractivity contribution in [1.82, 2.24) is 4.90 Å². The smallest absolute Gasteiger partial charge is 0.173 e. The van der Waals surface area contributed by atoms with Gasteiger partial charge in [-0.3, -0.25) is 0 Å². The molecule has 3 N–H and O–H groups in total. The first-order chi connectivity index (χ1) is 14.1. The van der Waals surface area contributed by atoms with Crippen LogP contribution in [0.5, 0.6) is 11.5 Å². The number of ether oxygens (including phenoxy) is 2. The van der Waals surface area contributed by atoms with E-state index >= 15 is 0 Å². The normalized spacial score (nSPS) is 18.9. The molecule has 7 heteroatoms. The summed E-state index contributed by atoms with van der Waals surface area (Å²) in [6.07, 6.45) is 0.743. The Kier molecular flexibility index (Phi) is 7.69. The van der Waals surface area contributed by atoms with Gasteiger partial charge in [0, 0.05) is 24.3 Å². The van der Waals surface area contributed by atoms with Gasteiger partial charge in [0.2, 0.25) is 0 Å². The summed E-state index contributed by atoms with van der Waals surface area (Å²) >= 11 is 5.63. The zero-order chi connectivity index (χ0) is 20.6. The quantitative estimate of drug-likeness (QED) is 0.596. The molecule has 0 aliphatic carbocycles. The van der Waals surface area contributed by atoms with Gasteiger partial charge in [-0.2, -0.15) is 0 Å². The molecule has 2 aromatic rings. The average Bonchev–Trinajstić information content (AvgIpc) is 2.75. The molecule has 29 heavy (non-hydrogen) atoms. The van der Waals surface area contributed by atoms with Crippen LogP contribution in [0.4, 0.5) is 5.69 Å². The Morgan fingerprint density at radius 2 is 1.93 bits per heavy atom. The summed E-state index contributed by atoms with van der Waals surface area (Å²) in [5.74, 6) is 1.48. The van der Waals surface area contributed by atoms with Crippen LogP contribution in [0.1, 0.15) is 12.0 Å². The first-order valence-electron chi connectivity index (χ1n) is 9.92. The summed E-state index contributed by atoms with van der Waals surface area (Å²) < 4.78 is 10.8. The lowest BCUT2D eigenvalue weighted by molar-refractivity contribution is -0.943. The molecule has 1 unspecified atom stereocenters. The minimum Gasteiger partial charge on any atom is -0.493 e. The maximum Gasteiger partial charge on any atom is 0.173 e. The Hall–Kier alpha value is -2.35. The second-order valence-corrected chi connectivity index (χ2v) is 7.61. The number of hydrogen-bond acceptors (Lipinski definition) is 4. The summed E-state index contributed by atoms with van der Waals surface area (Å²) in [7, 11) is 3.30. The van der Waals surface area contributed by atoms with Gasteiger partial charge in [0.15, 0.2) is 16.6 Å². The van der Waals surface area contributed by atoms with E-state index in [-0.39, 0.29) is 6.61 Å². The maximum atomic E-state index is 9.60. The van der Waals surface area contributed by atoms with Gasteiger partial charge in [0.1, 0.15) is 12.6 Å². The number of quaternary nitrogens is 1. The third-order valence-corrected chi connectivity index (χ3v) is 5.75. The molecule has 2 atom stereocenters. The predicted molar refractivity (Wildman–Crippen MR) is 119 cm³/mol. The molecule has 0 bridgehead atoms. The van der Waals surface area contributed by atoms with E-state index in [1.54, 1.807) is 14.2 Å². The van der Waals surface area contributed by atoms with Gasteiger partial charge >= 0.3 is 0 Å². The van der Waals surface area contributed by atoms with Crippen molar-refractivity contribution in [3.05, 3.63) is 54.1 Å². The minimum absolute atomic E-state index is 0.173.